The summed E-state index contributed by atoms with van der Waals surface area (Å²) in [7, 11) is 0. The van der Waals surface area contributed by atoms with Crippen molar-refractivity contribution in [1.29, 1.82) is 0 Å². The Morgan fingerprint density at radius 2 is 1.00 bits per heavy atom. The Bertz CT molecular complexity index is 337. The molecule has 0 saturated carbocycles. The van der Waals surface area contributed by atoms with Crippen molar-refractivity contribution in [2.24, 2.45) is 0 Å². The summed E-state index contributed by atoms with van der Waals surface area (Å²) in [6, 6.07) is 0. The van der Waals surface area contributed by atoms with E-state index in [1.165, 1.54) is 11.3 Å². The number of hydrogen-bond acceptors (Lipinski definition) is 1. The Balaban J connectivity index is 3.38. The van der Waals surface area contributed by atoms with Gasteiger partial charge in [0, 0.05) is 0 Å². The first-order valence-electron chi connectivity index (χ1n) is 5.04. The summed E-state index contributed by atoms with van der Waals surface area (Å²) in [6.07, 6.45) is 0. The maximum atomic E-state index is 13.8. The molecule has 86 valence electrons. The molecule has 0 amide bonds. The molecule has 0 atom stereocenters. The fourth-order valence-corrected chi connectivity index (χ4v) is 16.4. The molecule has 15 heavy (non-hydrogen) atoms. The van der Waals surface area contributed by atoms with E-state index < -0.39 is 48.4 Å². The van der Waals surface area contributed by atoms with Crippen molar-refractivity contribution in [3.63, 3.8) is 0 Å². The van der Waals surface area contributed by atoms with Gasteiger partial charge in [-0.1, -0.05) is 0 Å². The predicted octanol–water partition coefficient (Wildman–Crippen LogP) is 3.12. The van der Waals surface area contributed by atoms with Crippen LogP contribution in [0.5, 0.6) is 0 Å². The van der Waals surface area contributed by atoms with Gasteiger partial charge >= 0.3 is 104 Å². The van der Waals surface area contributed by atoms with E-state index in [1.807, 2.05) is 0 Å². The molecule has 0 fully saturated rings. The van der Waals surface area contributed by atoms with Crippen LogP contribution in [0.4, 0.5) is 8.78 Å². The van der Waals surface area contributed by atoms with E-state index >= 15 is 0 Å². The Hall–Kier alpha value is 1.16. The van der Waals surface area contributed by atoms with Gasteiger partial charge in [0.25, 0.3) is 0 Å². The summed E-state index contributed by atoms with van der Waals surface area (Å²) in [6.45, 7) is 0. The van der Waals surface area contributed by atoms with Crippen molar-refractivity contribution in [2.45, 2.75) is 29.6 Å². The third-order valence-electron chi connectivity index (χ3n) is 2.16. The normalized spacial score (nSPS) is 13.3. The van der Waals surface area contributed by atoms with E-state index in [-0.39, 0.29) is 0 Å². The summed E-state index contributed by atoms with van der Waals surface area (Å²) < 4.78 is 29.1. The monoisotopic (exact) mass is 448 g/mol. The second-order valence-corrected chi connectivity index (χ2v) is 37.5. The minimum absolute atomic E-state index is 0.523. The Kier molecular flexibility index (Phi) is 4.21. The molecule has 0 aromatic carbocycles. The molecular formula is C10H18F2SSn2. The molecule has 0 radical (unpaired) electrons. The van der Waals surface area contributed by atoms with Crippen molar-refractivity contribution in [1.82, 2.24) is 0 Å². The number of hydrogen-bond donors (Lipinski definition) is 0. The van der Waals surface area contributed by atoms with Crippen LogP contribution < -0.4 is 5.79 Å². The fraction of sp³-hybridized carbons (Fsp3) is 0.600. The second kappa shape index (κ2) is 4.44. The quantitative estimate of drug-likeness (QED) is 0.614. The van der Waals surface area contributed by atoms with Crippen molar-refractivity contribution in [3.05, 3.63) is 11.6 Å². The molecule has 0 nitrogen and oxygen atoms in total. The summed E-state index contributed by atoms with van der Waals surface area (Å²) in [5.74, 6) is -1.05. The van der Waals surface area contributed by atoms with Crippen LogP contribution in [-0.2, 0) is 0 Å². The molecule has 0 saturated heterocycles. The Labute approximate surface area is 103 Å². The van der Waals surface area contributed by atoms with Gasteiger partial charge in [-0.3, -0.25) is 0 Å². The summed E-state index contributed by atoms with van der Waals surface area (Å²) in [5.41, 5.74) is 0. The van der Waals surface area contributed by atoms with Gasteiger partial charge in [-0.05, 0) is 0 Å². The zero-order chi connectivity index (χ0) is 12.0. The summed E-state index contributed by atoms with van der Waals surface area (Å²) in [5, 5.41) is 0. The molecular weight excluding hydrogens is 428 g/mol. The molecule has 5 heteroatoms. The first-order chi connectivity index (χ1) is 6.55. The summed E-state index contributed by atoms with van der Waals surface area (Å²) in [4.78, 5) is 12.8. The van der Waals surface area contributed by atoms with Gasteiger partial charge in [0.2, 0.25) is 0 Å². The first-order valence-corrected chi connectivity index (χ1v) is 25.8. The topological polar surface area (TPSA) is 0 Å². The number of thiophene rings is 1. The summed E-state index contributed by atoms with van der Waals surface area (Å²) >= 11 is -3.49. The molecule has 0 spiro atoms. The van der Waals surface area contributed by atoms with Gasteiger partial charge in [-0.15, -0.1) is 0 Å². The standard InChI is InChI=1S/C4F2S.6CH3.2Sn/c5-3-1-7-2-4(3)6;;;;;;;;/h;6*1H3;;. The molecule has 0 aliphatic heterocycles. The molecule has 1 rings (SSSR count). The molecule has 0 unspecified atom stereocenters. The van der Waals surface area contributed by atoms with Gasteiger partial charge in [-0.2, -0.15) is 0 Å². The third kappa shape index (κ3) is 3.09. The molecule has 0 aliphatic carbocycles. The SMILES string of the molecule is [CH3][Sn]([CH3])([CH3])[c]1s[c]([Sn]([CH3])([CH3])[CH3])c(F)c1F. The predicted molar refractivity (Wildman–Crippen MR) is 70.2 cm³/mol. The minimum atomic E-state index is -2.46. The number of halogens is 2. The van der Waals surface area contributed by atoms with Crippen LogP contribution in [0.25, 0.3) is 0 Å². The molecule has 1 heterocycles. The van der Waals surface area contributed by atoms with Crippen LogP contribution in [0.2, 0.25) is 29.6 Å². The van der Waals surface area contributed by atoms with E-state index in [9.17, 15) is 8.78 Å². The van der Waals surface area contributed by atoms with Gasteiger partial charge < -0.3 is 0 Å². The van der Waals surface area contributed by atoms with Gasteiger partial charge in [-0.25, -0.2) is 0 Å². The second-order valence-electron chi connectivity index (χ2n) is 5.89. The van der Waals surface area contributed by atoms with E-state index in [0.29, 0.717) is 0 Å². The van der Waals surface area contributed by atoms with Crippen molar-refractivity contribution in [3.8, 4) is 0 Å². The van der Waals surface area contributed by atoms with Crippen molar-refractivity contribution < 1.29 is 8.78 Å². The fourth-order valence-electron chi connectivity index (χ4n) is 1.36. The van der Waals surface area contributed by atoms with Gasteiger partial charge in [0.15, 0.2) is 0 Å². The number of rotatable bonds is 2. The molecule has 0 aliphatic rings. The van der Waals surface area contributed by atoms with E-state index in [1.54, 1.807) is 0 Å². The van der Waals surface area contributed by atoms with Gasteiger partial charge in [0.05, 0.1) is 0 Å². The van der Waals surface area contributed by atoms with E-state index in [0.717, 1.165) is 5.79 Å². The van der Waals surface area contributed by atoms with E-state index in [2.05, 4.69) is 29.6 Å². The van der Waals surface area contributed by atoms with Crippen LogP contribution in [0, 0.1) is 11.6 Å². The van der Waals surface area contributed by atoms with Crippen LogP contribution >= 0.6 is 11.3 Å². The molecule has 1 aromatic heterocycles. The van der Waals surface area contributed by atoms with E-state index in [4.69, 9.17) is 0 Å². The zero-order valence-electron chi connectivity index (χ0n) is 10.2. The maximum absolute atomic E-state index is 13.8. The molecule has 0 N–H and O–H groups in total. The molecule has 0 bridgehead atoms. The van der Waals surface area contributed by atoms with Crippen molar-refractivity contribution in [2.75, 3.05) is 0 Å². The zero-order valence-corrected chi connectivity index (χ0v) is 16.7. The Morgan fingerprint density at radius 1 is 0.733 bits per heavy atom. The van der Waals surface area contributed by atoms with Crippen LogP contribution in [-0.4, -0.2) is 36.8 Å². The third-order valence-corrected chi connectivity index (χ3v) is 21.9. The van der Waals surface area contributed by atoms with Gasteiger partial charge in [0.1, 0.15) is 0 Å². The average Bonchev–Trinajstić information content (AvgIpc) is 2.26. The first kappa shape index (κ1) is 14.2. The average molecular weight is 446 g/mol. The van der Waals surface area contributed by atoms with Crippen LogP contribution in [0.3, 0.4) is 0 Å². The Morgan fingerprint density at radius 3 is 1.13 bits per heavy atom. The molecule has 1 aromatic rings. The van der Waals surface area contributed by atoms with Crippen LogP contribution in [0.1, 0.15) is 0 Å². The van der Waals surface area contributed by atoms with Crippen molar-refractivity contribution >= 4 is 53.9 Å². The van der Waals surface area contributed by atoms with Crippen LogP contribution in [0.15, 0.2) is 0 Å².